The molecule has 0 atom stereocenters. The summed E-state index contributed by atoms with van der Waals surface area (Å²) in [5.74, 6) is -1.30. The molecule has 3 N–H and O–H groups in total. The first-order valence-electron chi connectivity index (χ1n) is 7.59. The van der Waals surface area contributed by atoms with Crippen LogP contribution in [0.3, 0.4) is 0 Å². The number of carbonyl (C=O) groups excluding carboxylic acids is 2. The van der Waals surface area contributed by atoms with Gasteiger partial charge in [-0.05, 0) is 37.6 Å². The van der Waals surface area contributed by atoms with Gasteiger partial charge in [-0.1, -0.05) is 41.9 Å². The average Bonchev–Trinajstić information content (AvgIpc) is 2.56. The van der Waals surface area contributed by atoms with Crippen LogP contribution in [0.4, 0.5) is 11.4 Å². The van der Waals surface area contributed by atoms with E-state index in [0.29, 0.717) is 22.9 Å². The van der Waals surface area contributed by atoms with E-state index in [1.165, 1.54) is 11.0 Å². The fraction of sp³-hybridized carbons (Fsp3) is 0.222. The molecular weight excluding hydrogens is 326 g/mol. The van der Waals surface area contributed by atoms with Crippen molar-refractivity contribution in [1.29, 1.82) is 0 Å². The molecule has 0 aliphatic rings. The zero-order chi connectivity index (χ0) is 17.7. The Balaban J connectivity index is 2.10. The van der Waals surface area contributed by atoms with Crippen molar-refractivity contribution in [3.63, 3.8) is 0 Å². The molecule has 2 amide bonds. The summed E-state index contributed by atoms with van der Waals surface area (Å²) >= 11 is 5.93. The van der Waals surface area contributed by atoms with Gasteiger partial charge in [0.05, 0.1) is 10.7 Å². The quantitative estimate of drug-likeness (QED) is 0.659. The third-order valence-electron chi connectivity index (χ3n) is 3.53. The van der Waals surface area contributed by atoms with Crippen molar-refractivity contribution in [3.05, 3.63) is 59.1 Å². The molecule has 2 aromatic carbocycles. The lowest BCUT2D eigenvalue weighted by Gasteiger charge is -2.26. The Labute approximate surface area is 146 Å². The van der Waals surface area contributed by atoms with Gasteiger partial charge in [0.25, 0.3) is 0 Å². The van der Waals surface area contributed by atoms with E-state index in [-0.39, 0.29) is 6.04 Å². The van der Waals surface area contributed by atoms with Crippen LogP contribution in [0.1, 0.15) is 19.4 Å². The van der Waals surface area contributed by atoms with Gasteiger partial charge in [0.1, 0.15) is 0 Å². The molecule has 2 rings (SSSR count). The number of nitrogens with one attached hydrogen (secondary N) is 1. The Morgan fingerprint density at radius 1 is 1.17 bits per heavy atom. The second-order valence-corrected chi connectivity index (χ2v) is 6.11. The largest absolute Gasteiger partial charge is 0.398 e. The second kappa shape index (κ2) is 7.84. The van der Waals surface area contributed by atoms with E-state index in [2.05, 4.69) is 5.32 Å². The third kappa shape index (κ3) is 4.49. The number of benzene rings is 2. The van der Waals surface area contributed by atoms with E-state index in [4.69, 9.17) is 17.3 Å². The summed E-state index contributed by atoms with van der Waals surface area (Å²) in [6.07, 6.45) is 0. The lowest BCUT2D eigenvalue weighted by molar-refractivity contribution is -0.144. The molecule has 24 heavy (non-hydrogen) atoms. The second-order valence-electron chi connectivity index (χ2n) is 5.70. The van der Waals surface area contributed by atoms with Crippen LogP contribution in [-0.4, -0.2) is 22.8 Å². The number of carbonyl (C=O) groups is 2. The lowest BCUT2D eigenvalue weighted by atomic mass is 10.2. The summed E-state index contributed by atoms with van der Waals surface area (Å²) in [4.78, 5) is 26.3. The molecule has 5 nitrogen and oxygen atoms in total. The van der Waals surface area contributed by atoms with E-state index in [1.807, 2.05) is 44.2 Å². The zero-order valence-corrected chi connectivity index (χ0v) is 14.4. The number of nitrogen functional groups attached to an aromatic ring is 1. The van der Waals surface area contributed by atoms with Crippen LogP contribution in [0.25, 0.3) is 0 Å². The van der Waals surface area contributed by atoms with Gasteiger partial charge in [-0.2, -0.15) is 0 Å². The van der Waals surface area contributed by atoms with E-state index < -0.39 is 11.8 Å². The maximum atomic E-state index is 12.5. The molecule has 0 aliphatic carbocycles. The van der Waals surface area contributed by atoms with Gasteiger partial charge in [-0.25, -0.2) is 0 Å². The van der Waals surface area contributed by atoms with Gasteiger partial charge in [0, 0.05) is 18.3 Å². The minimum absolute atomic E-state index is 0.113. The Kier molecular flexibility index (Phi) is 5.82. The summed E-state index contributed by atoms with van der Waals surface area (Å²) in [6, 6.07) is 14.1. The molecule has 0 radical (unpaired) electrons. The Bertz CT molecular complexity index is 732. The fourth-order valence-electron chi connectivity index (χ4n) is 2.19. The smallest absolute Gasteiger partial charge is 0.313 e. The molecule has 0 aliphatic heterocycles. The first-order chi connectivity index (χ1) is 11.4. The van der Waals surface area contributed by atoms with Crippen molar-refractivity contribution < 1.29 is 9.59 Å². The Hall–Kier alpha value is -2.53. The van der Waals surface area contributed by atoms with Gasteiger partial charge in [0.2, 0.25) is 0 Å². The highest BCUT2D eigenvalue weighted by atomic mass is 35.5. The SMILES string of the molecule is CC(C)N(Cc1ccccc1)C(=O)C(=O)Nc1ccc(N)c(Cl)c1. The standard InChI is InChI=1S/C18H20ClN3O2/c1-12(2)22(11-13-6-4-3-5-7-13)18(24)17(23)21-14-8-9-16(20)15(19)10-14/h3-10,12H,11,20H2,1-2H3,(H,21,23). The van der Waals surface area contributed by atoms with Crippen molar-refractivity contribution in [1.82, 2.24) is 4.90 Å². The average molecular weight is 346 g/mol. The molecule has 2 aromatic rings. The summed E-state index contributed by atoms with van der Waals surface area (Å²) in [5, 5.41) is 2.89. The molecule has 0 spiro atoms. The van der Waals surface area contributed by atoms with Gasteiger partial charge >= 0.3 is 11.8 Å². The highest BCUT2D eigenvalue weighted by Gasteiger charge is 2.24. The van der Waals surface area contributed by atoms with E-state index in [0.717, 1.165) is 5.56 Å². The van der Waals surface area contributed by atoms with Gasteiger partial charge < -0.3 is 16.0 Å². The fourth-order valence-corrected chi connectivity index (χ4v) is 2.37. The predicted octanol–water partition coefficient (Wildman–Crippen LogP) is 3.30. The van der Waals surface area contributed by atoms with Gasteiger partial charge in [-0.15, -0.1) is 0 Å². The highest BCUT2D eigenvalue weighted by Crippen LogP contribution is 2.22. The number of rotatable bonds is 4. The topological polar surface area (TPSA) is 75.4 Å². The van der Waals surface area contributed by atoms with E-state index in [9.17, 15) is 9.59 Å². The van der Waals surface area contributed by atoms with Crippen LogP contribution in [0.15, 0.2) is 48.5 Å². The molecular formula is C18H20ClN3O2. The molecule has 0 fully saturated rings. The predicted molar refractivity (Wildman–Crippen MR) is 96.6 cm³/mol. The summed E-state index contributed by atoms with van der Waals surface area (Å²) in [7, 11) is 0. The Morgan fingerprint density at radius 2 is 1.83 bits per heavy atom. The van der Waals surface area contributed by atoms with E-state index in [1.54, 1.807) is 12.1 Å². The molecule has 0 bridgehead atoms. The van der Waals surface area contributed by atoms with Crippen molar-refractivity contribution in [3.8, 4) is 0 Å². The molecule has 0 unspecified atom stereocenters. The maximum Gasteiger partial charge on any atom is 0.313 e. The van der Waals surface area contributed by atoms with E-state index >= 15 is 0 Å². The number of nitrogens with zero attached hydrogens (tertiary/aromatic N) is 1. The lowest BCUT2D eigenvalue weighted by Crippen LogP contribution is -2.43. The third-order valence-corrected chi connectivity index (χ3v) is 3.86. The number of hydrogen-bond acceptors (Lipinski definition) is 3. The van der Waals surface area contributed by atoms with Crippen LogP contribution in [0.2, 0.25) is 5.02 Å². The molecule has 0 heterocycles. The normalized spacial score (nSPS) is 10.5. The highest BCUT2D eigenvalue weighted by molar-refractivity contribution is 6.40. The maximum absolute atomic E-state index is 12.5. The summed E-state index contributed by atoms with van der Waals surface area (Å²) < 4.78 is 0. The van der Waals surface area contributed by atoms with Gasteiger partial charge in [0.15, 0.2) is 0 Å². The van der Waals surface area contributed by atoms with Crippen molar-refractivity contribution in [2.45, 2.75) is 26.4 Å². The first kappa shape index (κ1) is 17.8. The number of halogens is 1. The number of hydrogen-bond donors (Lipinski definition) is 2. The molecule has 0 saturated carbocycles. The Morgan fingerprint density at radius 3 is 2.42 bits per heavy atom. The van der Waals surface area contributed by atoms with Gasteiger partial charge in [-0.3, -0.25) is 9.59 Å². The summed E-state index contributed by atoms with van der Waals surface area (Å²) in [5.41, 5.74) is 7.43. The monoisotopic (exact) mass is 345 g/mol. The van der Waals surface area contributed by atoms with Crippen molar-refractivity contribution >= 4 is 34.8 Å². The van der Waals surface area contributed by atoms with Crippen LogP contribution < -0.4 is 11.1 Å². The molecule has 126 valence electrons. The van der Waals surface area contributed by atoms with Crippen LogP contribution in [-0.2, 0) is 16.1 Å². The zero-order valence-electron chi connectivity index (χ0n) is 13.6. The number of amides is 2. The van der Waals surface area contributed by atoms with Crippen LogP contribution in [0.5, 0.6) is 0 Å². The minimum atomic E-state index is -0.708. The number of nitrogens with two attached hydrogens (primary N) is 1. The van der Waals surface area contributed by atoms with Crippen LogP contribution >= 0.6 is 11.6 Å². The summed E-state index contributed by atoms with van der Waals surface area (Å²) in [6.45, 7) is 4.11. The minimum Gasteiger partial charge on any atom is -0.398 e. The van der Waals surface area contributed by atoms with Crippen molar-refractivity contribution in [2.24, 2.45) is 0 Å². The van der Waals surface area contributed by atoms with Crippen molar-refractivity contribution in [2.75, 3.05) is 11.1 Å². The number of anilines is 2. The molecule has 0 saturated heterocycles. The van der Waals surface area contributed by atoms with Crippen LogP contribution in [0, 0.1) is 0 Å². The first-order valence-corrected chi connectivity index (χ1v) is 7.97. The molecule has 6 heteroatoms. The molecule has 0 aromatic heterocycles.